The van der Waals surface area contributed by atoms with E-state index in [4.69, 9.17) is 10.5 Å². The molecule has 0 aromatic heterocycles. The fourth-order valence-electron chi connectivity index (χ4n) is 2.93. The number of carbonyl (C=O) groups is 1. The first kappa shape index (κ1) is 19.3. The molecule has 1 heterocycles. The van der Waals surface area contributed by atoms with Gasteiger partial charge in [-0.3, -0.25) is 10.1 Å². The van der Waals surface area contributed by atoms with Crippen LogP contribution in [0.1, 0.15) is 35.7 Å². The minimum Gasteiger partial charge on any atom is -0.462 e. The highest BCUT2D eigenvalue weighted by molar-refractivity contribution is 7.89. The van der Waals surface area contributed by atoms with Crippen LogP contribution in [-0.2, 0) is 14.8 Å². The maximum atomic E-state index is 12.9. The van der Waals surface area contributed by atoms with Gasteiger partial charge in [0.25, 0.3) is 5.69 Å². The van der Waals surface area contributed by atoms with E-state index in [9.17, 15) is 23.3 Å². The summed E-state index contributed by atoms with van der Waals surface area (Å²) in [7, 11) is -4.00. The standard InChI is InChI=1S/C15H21N3O6S/c1-3-24-15(19)13-7-12(8-14(10(13)2)18(20)21)25(22,23)17-6-4-5-11(17)9-16/h7-8,11H,3-6,9,16H2,1-2H3. The average Bonchev–Trinajstić information content (AvgIpc) is 3.04. The van der Waals surface area contributed by atoms with Crippen molar-refractivity contribution in [3.05, 3.63) is 33.4 Å². The highest BCUT2D eigenvalue weighted by Gasteiger charge is 2.36. The van der Waals surface area contributed by atoms with Crippen LogP contribution in [0.2, 0.25) is 0 Å². The van der Waals surface area contributed by atoms with Gasteiger partial charge in [-0.25, -0.2) is 13.2 Å². The molecule has 1 saturated heterocycles. The molecule has 1 aromatic rings. The smallest absolute Gasteiger partial charge is 0.338 e. The van der Waals surface area contributed by atoms with E-state index in [1.54, 1.807) is 6.92 Å². The Bertz CT molecular complexity index is 793. The Morgan fingerprint density at radius 2 is 2.16 bits per heavy atom. The molecule has 0 aliphatic carbocycles. The Hall–Kier alpha value is -2.04. The molecular weight excluding hydrogens is 350 g/mol. The summed E-state index contributed by atoms with van der Waals surface area (Å²) in [6.07, 6.45) is 1.30. The van der Waals surface area contributed by atoms with Gasteiger partial charge < -0.3 is 10.5 Å². The summed E-state index contributed by atoms with van der Waals surface area (Å²) in [4.78, 5) is 22.4. The first-order valence-corrected chi connectivity index (χ1v) is 9.36. The summed E-state index contributed by atoms with van der Waals surface area (Å²) >= 11 is 0. The van der Waals surface area contributed by atoms with Crippen LogP contribution < -0.4 is 5.73 Å². The summed E-state index contributed by atoms with van der Waals surface area (Å²) in [5.74, 6) is -0.794. The highest BCUT2D eigenvalue weighted by Crippen LogP contribution is 2.31. The monoisotopic (exact) mass is 371 g/mol. The lowest BCUT2D eigenvalue weighted by atomic mass is 10.1. The van der Waals surface area contributed by atoms with E-state index < -0.39 is 26.6 Å². The molecule has 10 heteroatoms. The minimum absolute atomic E-state index is 0.0687. The first-order chi connectivity index (χ1) is 11.7. The number of nitro groups is 1. The number of rotatable bonds is 6. The third-order valence-electron chi connectivity index (χ3n) is 4.25. The van der Waals surface area contributed by atoms with Gasteiger partial charge in [0.05, 0.1) is 22.0 Å². The van der Waals surface area contributed by atoms with Crippen molar-refractivity contribution in [3.8, 4) is 0 Å². The van der Waals surface area contributed by atoms with E-state index in [0.717, 1.165) is 12.1 Å². The van der Waals surface area contributed by atoms with Crippen molar-refractivity contribution in [1.82, 2.24) is 4.31 Å². The third-order valence-corrected chi connectivity index (χ3v) is 6.18. The zero-order chi connectivity index (χ0) is 18.8. The van der Waals surface area contributed by atoms with E-state index in [-0.39, 0.29) is 35.2 Å². The topological polar surface area (TPSA) is 133 Å². The molecule has 2 N–H and O–H groups in total. The van der Waals surface area contributed by atoms with Crippen LogP contribution in [0.3, 0.4) is 0 Å². The van der Waals surface area contributed by atoms with Gasteiger partial charge in [-0.1, -0.05) is 0 Å². The number of nitrogens with two attached hydrogens (primary N) is 1. The van der Waals surface area contributed by atoms with E-state index in [1.165, 1.54) is 11.2 Å². The average molecular weight is 371 g/mol. The van der Waals surface area contributed by atoms with Gasteiger partial charge in [0, 0.05) is 30.8 Å². The Morgan fingerprint density at radius 3 is 2.72 bits per heavy atom. The first-order valence-electron chi connectivity index (χ1n) is 7.92. The van der Waals surface area contributed by atoms with E-state index >= 15 is 0 Å². The maximum Gasteiger partial charge on any atom is 0.338 e. The van der Waals surface area contributed by atoms with Gasteiger partial charge in [0.1, 0.15) is 0 Å². The zero-order valence-electron chi connectivity index (χ0n) is 14.1. The van der Waals surface area contributed by atoms with Crippen LogP contribution in [0.4, 0.5) is 5.69 Å². The number of carbonyl (C=O) groups excluding carboxylic acids is 1. The second-order valence-corrected chi connectivity index (χ2v) is 7.63. The van der Waals surface area contributed by atoms with Gasteiger partial charge in [-0.2, -0.15) is 4.31 Å². The number of nitrogens with zero attached hydrogens (tertiary/aromatic N) is 2. The number of hydrogen-bond acceptors (Lipinski definition) is 7. The summed E-state index contributed by atoms with van der Waals surface area (Å²) in [5.41, 5.74) is 5.14. The molecule has 138 valence electrons. The highest BCUT2D eigenvalue weighted by atomic mass is 32.2. The van der Waals surface area contributed by atoms with Crippen molar-refractivity contribution in [3.63, 3.8) is 0 Å². The predicted octanol–water partition coefficient (Wildman–Crippen LogP) is 1.19. The van der Waals surface area contributed by atoms with E-state index in [0.29, 0.717) is 19.4 Å². The summed E-state index contributed by atoms with van der Waals surface area (Å²) in [6, 6.07) is 1.78. The lowest BCUT2D eigenvalue weighted by molar-refractivity contribution is -0.385. The van der Waals surface area contributed by atoms with Crippen LogP contribution in [-0.4, -0.2) is 49.4 Å². The molecule has 1 aromatic carbocycles. The van der Waals surface area contributed by atoms with Crippen molar-refractivity contribution in [1.29, 1.82) is 0 Å². The second kappa shape index (κ2) is 7.46. The Kier molecular flexibility index (Phi) is 5.76. The molecule has 1 atom stereocenters. The molecule has 9 nitrogen and oxygen atoms in total. The number of sulfonamides is 1. The molecule has 0 radical (unpaired) electrons. The van der Waals surface area contributed by atoms with Crippen LogP contribution in [0.25, 0.3) is 0 Å². The molecule has 1 fully saturated rings. The van der Waals surface area contributed by atoms with Crippen molar-refractivity contribution < 1.29 is 22.9 Å². The molecule has 1 aliphatic rings. The fraction of sp³-hybridized carbons (Fsp3) is 0.533. The van der Waals surface area contributed by atoms with Crippen molar-refractivity contribution in [2.24, 2.45) is 5.73 Å². The Balaban J connectivity index is 2.60. The van der Waals surface area contributed by atoms with Crippen LogP contribution in [0, 0.1) is 17.0 Å². The van der Waals surface area contributed by atoms with Crippen LogP contribution in [0.5, 0.6) is 0 Å². The number of esters is 1. The molecule has 0 saturated carbocycles. The van der Waals surface area contributed by atoms with E-state index in [1.807, 2.05) is 0 Å². The third kappa shape index (κ3) is 3.65. The van der Waals surface area contributed by atoms with Crippen molar-refractivity contribution in [2.45, 2.75) is 37.6 Å². The molecule has 25 heavy (non-hydrogen) atoms. The lowest BCUT2D eigenvalue weighted by Gasteiger charge is -2.23. The van der Waals surface area contributed by atoms with Gasteiger partial charge in [0.15, 0.2) is 0 Å². The maximum absolute atomic E-state index is 12.9. The summed E-state index contributed by atoms with van der Waals surface area (Å²) in [6.45, 7) is 3.51. The normalized spacial score (nSPS) is 18.3. The Labute approximate surface area is 145 Å². The number of benzene rings is 1. The SMILES string of the molecule is CCOC(=O)c1cc(S(=O)(=O)N2CCCC2CN)cc([N+](=O)[O-])c1C. The Morgan fingerprint density at radius 1 is 1.48 bits per heavy atom. The molecule has 1 aliphatic heterocycles. The van der Waals surface area contributed by atoms with Gasteiger partial charge in [-0.05, 0) is 32.8 Å². The molecule has 1 unspecified atom stereocenters. The number of nitro benzene ring substituents is 1. The molecular formula is C15H21N3O6S. The fourth-order valence-corrected chi connectivity index (χ4v) is 4.68. The molecule has 0 bridgehead atoms. The van der Waals surface area contributed by atoms with Crippen LogP contribution in [0.15, 0.2) is 17.0 Å². The zero-order valence-corrected chi connectivity index (χ0v) is 14.9. The van der Waals surface area contributed by atoms with Gasteiger partial charge in [0.2, 0.25) is 10.0 Å². The largest absolute Gasteiger partial charge is 0.462 e. The lowest BCUT2D eigenvalue weighted by Crippen LogP contribution is -2.39. The molecule has 2 rings (SSSR count). The number of ether oxygens (including phenoxy) is 1. The predicted molar refractivity (Wildman–Crippen MR) is 89.8 cm³/mol. The second-order valence-electron chi connectivity index (χ2n) is 5.74. The minimum atomic E-state index is -4.00. The quantitative estimate of drug-likeness (QED) is 0.451. The molecule has 0 spiro atoms. The van der Waals surface area contributed by atoms with Crippen molar-refractivity contribution in [2.75, 3.05) is 19.7 Å². The van der Waals surface area contributed by atoms with Crippen LogP contribution >= 0.6 is 0 Å². The summed E-state index contributed by atoms with van der Waals surface area (Å²) in [5, 5.41) is 11.3. The van der Waals surface area contributed by atoms with E-state index in [2.05, 4.69) is 0 Å². The van der Waals surface area contributed by atoms with Gasteiger partial charge in [-0.15, -0.1) is 0 Å². The van der Waals surface area contributed by atoms with Gasteiger partial charge >= 0.3 is 5.97 Å². The number of hydrogen-bond donors (Lipinski definition) is 1. The molecule has 0 amide bonds. The van der Waals surface area contributed by atoms with Crippen molar-refractivity contribution >= 4 is 21.7 Å². The summed E-state index contributed by atoms with van der Waals surface area (Å²) < 4.78 is 32.0.